The van der Waals surface area contributed by atoms with Crippen LogP contribution in [0.3, 0.4) is 0 Å². The Hall–Kier alpha value is -1.62. The lowest BCUT2D eigenvalue weighted by Gasteiger charge is -2.29. The van der Waals surface area contributed by atoms with E-state index in [1.807, 2.05) is 19.1 Å². The van der Waals surface area contributed by atoms with Crippen LogP contribution in [0, 0.1) is 12.8 Å². The Morgan fingerprint density at radius 2 is 2.24 bits per heavy atom. The smallest absolute Gasteiger partial charge is 0.271 e. The molecule has 0 saturated heterocycles. The number of carbonyl (C=O) groups is 1. The lowest BCUT2D eigenvalue weighted by Crippen LogP contribution is -2.41. The van der Waals surface area contributed by atoms with Crippen molar-refractivity contribution in [2.24, 2.45) is 5.92 Å². The Morgan fingerprint density at radius 3 is 2.95 bits per heavy atom. The number of aryl methyl sites for hydroxylation is 1. The second-order valence-electron chi connectivity index (χ2n) is 5.74. The third-order valence-electron chi connectivity index (χ3n) is 4.17. The van der Waals surface area contributed by atoms with Crippen molar-refractivity contribution in [2.75, 3.05) is 0 Å². The Morgan fingerprint density at radius 1 is 1.43 bits per heavy atom. The van der Waals surface area contributed by atoms with E-state index in [2.05, 4.69) is 17.2 Å². The van der Waals surface area contributed by atoms with Crippen LogP contribution in [0.1, 0.15) is 48.0 Å². The first-order valence-electron chi connectivity index (χ1n) is 7.47. The number of hydrogen-bond acceptors (Lipinski definition) is 4. The second-order valence-corrected chi connectivity index (χ2v) is 6.95. The van der Waals surface area contributed by atoms with E-state index in [9.17, 15) is 4.79 Å². The van der Waals surface area contributed by atoms with E-state index in [1.165, 1.54) is 30.6 Å². The molecule has 4 nitrogen and oxygen atoms in total. The van der Waals surface area contributed by atoms with Crippen molar-refractivity contribution in [3.63, 3.8) is 0 Å². The number of aromatic nitrogens is 1. The molecule has 1 saturated carbocycles. The van der Waals surface area contributed by atoms with Crippen molar-refractivity contribution in [1.82, 2.24) is 10.3 Å². The minimum absolute atomic E-state index is 0.0553. The SMILES string of the molecule is Cc1sc(-c2ccco2)nc1C(=O)N[C@H]1CCCC[C@@H]1C. The highest BCUT2D eigenvalue weighted by molar-refractivity contribution is 7.15. The molecule has 2 aromatic heterocycles. The summed E-state index contributed by atoms with van der Waals surface area (Å²) in [4.78, 5) is 17.9. The van der Waals surface area contributed by atoms with Crippen molar-refractivity contribution < 1.29 is 9.21 Å². The van der Waals surface area contributed by atoms with Crippen LogP contribution in [0.5, 0.6) is 0 Å². The summed E-state index contributed by atoms with van der Waals surface area (Å²) in [5.74, 6) is 1.21. The van der Waals surface area contributed by atoms with Gasteiger partial charge in [-0.15, -0.1) is 11.3 Å². The maximum Gasteiger partial charge on any atom is 0.271 e. The Labute approximate surface area is 128 Å². The molecular weight excluding hydrogens is 284 g/mol. The fourth-order valence-corrected chi connectivity index (χ4v) is 3.76. The van der Waals surface area contributed by atoms with Gasteiger partial charge in [0.1, 0.15) is 5.69 Å². The van der Waals surface area contributed by atoms with Crippen molar-refractivity contribution in [3.8, 4) is 10.8 Å². The molecule has 0 bridgehead atoms. The molecule has 1 amide bonds. The predicted octanol–water partition coefficient (Wildman–Crippen LogP) is 4.02. The largest absolute Gasteiger partial charge is 0.462 e. The van der Waals surface area contributed by atoms with Gasteiger partial charge in [-0.1, -0.05) is 19.8 Å². The number of amides is 1. The first-order chi connectivity index (χ1) is 10.1. The Bertz CT molecular complexity index is 618. The number of thiazole rings is 1. The second kappa shape index (κ2) is 6.02. The van der Waals surface area contributed by atoms with Gasteiger partial charge in [0.05, 0.1) is 6.26 Å². The molecular formula is C16H20N2O2S. The summed E-state index contributed by atoms with van der Waals surface area (Å²) in [6.07, 6.45) is 6.35. The van der Waals surface area contributed by atoms with Crippen LogP contribution in [0.25, 0.3) is 10.8 Å². The molecule has 1 fully saturated rings. The highest BCUT2D eigenvalue weighted by Gasteiger charge is 2.25. The Balaban J connectivity index is 1.75. The van der Waals surface area contributed by atoms with Crippen LogP contribution in [0.15, 0.2) is 22.8 Å². The van der Waals surface area contributed by atoms with Gasteiger partial charge in [-0.05, 0) is 37.8 Å². The highest BCUT2D eigenvalue weighted by Crippen LogP contribution is 2.29. The number of nitrogens with zero attached hydrogens (tertiary/aromatic N) is 1. The molecule has 112 valence electrons. The lowest BCUT2D eigenvalue weighted by atomic mass is 9.86. The zero-order valence-electron chi connectivity index (χ0n) is 12.4. The van der Waals surface area contributed by atoms with Gasteiger partial charge in [-0.2, -0.15) is 0 Å². The zero-order chi connectivity index (χ0) is 14.8. The zero-order valence-corrected chi connectivity index (χ0v) is 13.2. The summed E-state index contributed by atoms with van der Waals surface area (Å²) in [7, 11) is 0. The molecule has 0 radical (unpaired) electrons. The van der Waals surface area contributed by atoms with Crippen LogP contribution < -0.4 is 5.32 Å². The summed E-state index contributed by atoms with van der Waals surface area (Å²) >= 11 is 1.50. The molecule has 21 heavy (non-hydrogen) atoms. The van der Waals surface area contributed by atoms with Crippen molar-refractivity contribution in [2.45, 2.75) is 45.6 Å². The van der Waals surface area contributed by atoms with E-state index in [-0.39, 0.29) is 11.9 Å². The third kappa shape index (κ3) is 3.02. The molecule has 2 atom stereocenters. The number of carbonyl (C=O) groups excluding carboxylic acids is 1. The van der Waals surface area contributed by atoms with E-state index in [4.69, 9.17) is 4.42 Å². The van der Waals surface area contributed by atoms with Gasteiger partial charge < -0.3 is 9.73 Å². The van der Waals surface area contributed by atoms with Crippen molar-refractivity contribution in [3.05, 3.63) is 29.0 Å². The summed E-state index contributed by atoms with van der Waals surface area (Å²) < 4.78 is 5.35. The van der Waals surface area contributed by atoms with Gasteiger partial charge in [0, 0.05) is 10.9 Å². The maximum atomic E-state index is 12.5. The number of furan rings is 1. The lowest BCUT2D eigenvalue weighted by molar-refractivity contribution is 0.0905. The van der Waals surface area contributed by atoms with Gasteiger partial charge in [0.15, 0.2) is 10.8 Å². The first kappa shape index (κ1) is 14.3. The topological polar surface area (TPSA) is 55.1 Å². The molecule has 0 unspecified atom stereocenters. The van der Waals surface area contributed by atoms with Gasteiger partial charge in [0.2, 0.25) is 0 Å². The molecule has 0 aliphatic heterocycles. The molecule has 2 heterocycles. The van der Waals surface area contributed by atoms with E-state index in [0.29, 0.717) is 17.4 Å². The molecule has 1 aliphatic carbocycles. The minimum Gasteiger partial charge on any atom is -0.462 e. The molecule has 0 aromatic carbocycles. The molecule has 2 aromatic rings. The van der Waals surface area contributed by atoms with Crippen LogP contribution in [0.2, 0.25) is 0 Å². The first-order valence-corrected chi connectivity index (χ1v) is 8.29. The predicted molar refractivity (Wildman–Crippen MR) is 83.4 cm³/mol. The van der Waals surface area contributed by atoms with Gasteiger partial charge in [-0.25, -0.2) is 4.98 Å². The maximum absolute atomic E-state index is 12.5. The molecule has 0 spiro atoms. The molecule has 3 rings (SSSR count). The van der Waals surface area contributed by atoms with E-state index >= 15 is 0 Å². The summed E-state index contributed by atoms with van der Waals surface area (Å²) in [5, 5.41) is 3.92. The van der Waals surface area contributed by atoms with Gasteiger partial charge in [-0.3, -0.25) is 4.79 Å². The quantitative estimate of drug-likeness (QED) is 0.931. The standard InChI is InChI=1S/C16H20N2O2S/c1-10-6-3-4-7-12(10)17-15(19)14-11(2)21-16(18-14)13-8-5-9-20-13/h5,8-10,12H,3-4,6-7H2,1-2H3,(H,17,19)/t10-,12-/m0/s1. The number of hydrogen-bond donors (Lipinski definition) is 1. The fourth-order valence-electron chi connectivity index (χ4n) is 2.88. The van der Waals surface area contributed by atoms with E-state index < -0.39 is 0 Å². The number of rotatable bonds is 3. The average Bonchev–Trinajstić information content (AvgIpc) is 3.10. The van der Waals surface area contributed by atoms with Crippen LogP contribution in [0.4, 0.5) is 0 Å². The fraction of sp³-hybridized carbons (Fsp3) is 0.500. The van der Waals surface area contributed by atoms with E-state index in [1.54, 1.807) is 6.26 Å². The summed E-state index contributed by atoms with van der Waals surface area (Å²) in [6.45, 7) is 4.15. The third-order valence-corrected chi connectivity index (χ3v) is 5.16. The molecule has 1 N–H and O–H groups in total. The normalized spacial score (nSPS) is 22.2. The molecule has 5 heteroatoms. The highest BCUT2D eigenvalue weighted by atomic mass is 32.1. The van der Waals surface area contributed by atoms with Crippen LogP contribution in [-0.2, 0) is 0 Å². The van der Waals surface area contributed by atoms with Gasteiger partial charge in [0.25, 0.3) is 5.91 Å². The van der Waals surface area contributed by atoms with E-state index in [0.717, 1.165) is 16.3 Å². The Kier molecular flexibility index (Phi) is 4.10. The summed E-state index contributed by atoms with van der Waals surface area (Å²) in [6, 6.07) is 3.97. The average molecular weight is 304 g/mol. The van der Waals surface area contributed by atoms with Crippen LogP contribution in [-0.4, -0.2) is 16.9 Å². The van der Waals surface area contributed by atoms with Crippen molar-refractivity contribution in [1.29, 1.82) is 0 Å². The number of nitrogens with one attached hydrogen (secondary N) is 1. The minimum atomic E-state index is -0.0553. The van der Waals surface area contributed by atoms with Crippen LogP contribution >= 0.6 is 11.3 Å². The molecule has 1 aliphatic rings. The van der Waals surface area contributed by atoms with Crippen molar-refractivity contribution >= 4 is 17.2 Å². The monoisotopic (exact) mass is 304 g/mol. The summed E-state index contributed by atoms with van der Waals surface area (Å²) in [5.41, 5.74) is 0.532. The van der Waals surface area contributed by atoms with Gasteiger partial charge >= 0.3 is 0 Å².